The number of aliphatic hydroxyl groups is 1. The maximum absolute atomic E-state index is 14.4. The quantitative estimate of drug-likeness (QED) is 0.0225. The minimum atomic E-state index is -1.83. The van der Waals surface area contributed by atoms with Crippen LogP contribution in [0.2, 0.25) is 0 Å². The van der Waals surface area contributed by atoms with Crippen molar-refractivity contribution in [2.45, 2.75) is 211 Å². The predicted molar refractivity (Wildman–Crippen MR) is 386 cm³/mol. The van der Waals surface area contributed by atoms with Gasteiger partial charge in [0.2, 0.25) is 76.8 Å². The molecule has 0 fully saturated rings. The second-order valence-corrected chi connectivity index (χ2v) is 26.8. The van der Waals surface area contributed by atoms with Crippen LogP contribution in [-0.4, -0.2) is 229 Å². The van der Waals surface area contributed by atoms with Crippen molar-refractivity contribution in [3.8, 4) is 0 Å². The summed E-state index contributed by atoms with van der Waals surface area (Å²) in [6.45, 7) is 8.60. The molecule has 0 bridgehead atoms. The van der Waals surface area contributed by atoms with E-state index < -0.39 is 255 Å². The Morgan fingerprint density at radius 2 is 0.880 bits per heavy atom. The van der Waals surface area contributed by atoms with Gasteiger partial charge in [0, 0.05) is 49.1 Å². The van der Waals surface area contributed by atoms with Gasteiger partial charge in [-0.15, -0.1) is 0 Å². The first-order valence-corrected chi connectivity index (χ1v) is 35.4. The van der Waals surface area contributed by atoms with E-state index in [9.17, 15) is 117 Å². The van der Waals surface area contributed by atoms with Crippen LogP contribution >= 0.6 is 22.6 Å². The van der Waals surface area contributed by atoms with Gasteiger partial charge in [0.05, 0.1) is 24.6 Å². The molecule has 0 radical (unpaired) electrons. The number of carbonyl (C=O) groups is 19. The highest BCUT2D eigenvalue weighted by atomic mass is 127. The van der Waals surface area contributed by atoms with E-state index >= 15 is 0 Å². The fourth-order valence-electron chi connectivity index (χ4n) is 10.2. The van der Waals surface area contributed by atoms with Crippen molar-refractivity contribution in [1.29, 1.82) is 0 Å². The Labute approximate surface area is 634 Å². The minimum Gasteiger partial charge on any atom is -0.481 e. The van der Waals surface area contributed by atoms with E-state index in [-0.39, 0.29) is 44.6 Å². The summed E-state index contributed by atoms with van der Waals surface area (Å²) < 4.78 is 0.690. The maximum Gasteiger partial charge on any atom is 0.326 e. The normalized spacial score (nSPS) is 14.5. The molecule has 21 N–H and O–H groups in total. The summed E-state index contributed by atoms with van der Waals surface area (Å²) in [6, 6.07) is -3.77. The minimum absolute atomic E-state index is 0.125. The molecular formula is C68H97IN14O25. The second-order valence-electron chi connectivity index (χ2n) is 25.6. The van der Waals surface area contributed by atoms with Crippen LogP contribution in [0.4, 0.5) is 0 Å². The summed E-state index contributed by atoms with van der Waals surface area (Å²) in [5.74, 6) is -23.5. The highest BCUT2D eigenvalue weighted by Crippen LogP contribution is 2.15. The second kappa shape index (κ2) is 47.6. The van der Waals surface area contributed by atoms with E-state index in [1.807, 2.05) is 27.9 Å². The van der Waals surface area contributed by atoms with E-state index in [1.165, 1.54) is 27.7 Å². The van der Waals surface area contributed by atoms with E-state index in [4.69, 9.17) is 10.8 Å². The Morgan fingerprint density at radius 1 is 0.435 bits per heavy atom. The summed E-state index contributed by atoms with van der Waals surface area (Å²) >= 11 is 2.00. The number of aliphatic hydroxyl groups excluding tert-OH is 1. The number of nitrogens with two attached hydrogens (primary N) is 1. The number of amides is 14. The number of hydrogen-bond acceptors (Lipinski definition) is 20. The van der Waals surface area contributed by atoms with Crippen molar-refractivity contribution < 1.29 is 122 Å². The van der Waals surface area contributed by atoms with Crippen molar-refractivity contribution in [2.24, 2.45) is 17.6 Å². The smallest absolute Gasteiger partial charge is 0.326 e. The van der Waals surface area contributed by atoms with Gasteiger partial charge in [-0.1, -0.05) is 76.6 Å². The number of rotatable bonds is 50. The van der Waals surface area contributed by atoms with Gasteiger partial charge in [-0.2, -0.15) is 0 Å². The lowest BCUT2D eigenvalue weighted by atomic mass is 9.97. The molecular weight excluding hydrogens is 1540 g/mol. The fraction of sp³-hybridized carbons (Fsp3) is 0.544. The molecule has 0 aliphatic heterocycles. The molecule has 40 heteroatoms. The number of carbonyl (C=O) groups excluding carboxylic acids is 14. The van der Waals surface area contributed by atoms with Crippen LogP contribution in [0.25, 0.3) is 0 Å². The third-order valence-electron chi connectivity index (χ3n) is 16.4. The number of carboxylic acids is 5. The molecule has 39 nitrogen and oxygen atoms in total. The molecule has 0 aliphatic rings. The Bertz CT molecular complexity index is 3530. The van der Waals surface area contributed by atoms with E-state index in [1.54, 1.807) is 61.5 Å². The first-order chi connectivity index (χ1) is 50.6. The summed E-state index contributed by atoms with van der Waals surface area (Å²) in [5.41, 5.74) is 6.18. The van der Waals surface area contributed by atoms with Crippen molar-refractivity contribution in [3.05, 3.63) is 69.3 Å². The lowest BCUT2D eigenvalue weighted by Gasteiger charge is -2.29. The van der Waals surface area contributed by atoms with E-state index in [0.717, 1.165) is 13.8 Å². The number of halogens is 1. The van der Waals surface area contributed by atoms with Crippen LogP contribution in [0.5, 0.6) is 0 Å². The Kier molecular flexibility index (Phi) is 41.0. The van der Waals surface area contributed by atoms with Crippen molar-refractivity contribution in [3.63, 3.8) is 0 Å². The van der Waals surface area contributed by atoms with Crippen molar-refractivity contribution in [1.82, 2.24) is 69.1 Å². The van der Waals surface area contributed by atoms with Crippen LogP contribution in [-0.2, 0) is 92.7 Å². The molecule has 596 valence electrons. The lowest BCUT2D eigenvalue weighted by Crippen LogP contribution is -2.61. The van der Waals surface area contributed by atoms with Crippen LogP contribution in [0.3, 0.4) is 0 Å². The largest absolute Gasteiger partial charge is 0.481 e. The van der Waals surface area contributed by atoms with Gasteiger partial charge in [-0.25, -0.2) is 4.79 Å². The van der Waals surface area contributed by atoms with Gasteiger partial charge in [0.1, 0.15) is 66.5 Å². The highest BCUT2D eigenvalue weighted by molar-refractivity contribution is 14.1. The zero-order valence-electron chi connectivity index (χ0n) is 60.5. The number of nitrogens with one attached hydrogen (secondary N) is 13. The molecule has 0 aromatic heterocycles. The molecule has 0 spiro atoms. The first-order valence-electron chi connectivity index (χ1n) is 34.4. The number of carboxylic acid groups (broad SMARTS) is 5. The third-order valence-corrected chi connectivity index (χ3v) is 17.3. The molecule has 2 aromatic carbocycles. The van der Waals surface area contributed by atoms with Crippen molar-refractivity contribution >= 4 is 135 Å². The van der Waals surface area contributed by atoms with Crippen LogP contribution in [0, 0.1) is 15.4 Å². The number of aliphatic carboxylic acids is 5. The monoisotopic (exact) mass is 1640 g/mol. The molecule has 2 rings (SSSR count). The molecule has 13 atom stereocenters. The zero-order chi connectivity index (χ0) is 81.7. The maximum atomic E-state index is 14.4. The van der Waals surface area contributed by atoms with Gasteiger partial charge in [-0.05, 0) is 111 Å². The molecule has 0 heterocycles. The number of primary amides is 1. The fourth-order valence-corrected chi connectivity index (χ4v) is 10.8. The predicted octanol–water partition coefficient (Wildman–Crippen LogP) is -3.58. The summed E-state index contributed by atoms with van der Waals surface area (Å²) in [7, 11) is 0. The SMILES string of the molecule is CC[C@H](C)[C@H](NC(=O)[C@@H](NC(=O)[C@H](C)NC(=O)[C@H](CCCCNC(=O)c1ccccc1I)NC(=O)[C@H](CC(=O)O)NC(C)=O)[C@@H](C)O)C(=O)NCC(=O)N[C@@H](Cc1ccccc1)C(=O)N[C@@H](CCC(=O)O)C(=O)N[C@H](C(=O)N[C@@H](CCC(N)=O)C(=O)N[C@@H](CCC(=O)O)C(=O)N[C@@H](CCC(=O)O)C(=O)O)C(C)C. The molecule has 108 heavy (non-hydrogen) atoms. The Hall–Kier alpha value is -10.9. The molecule has 14 amide bonds. The van der Waals surface area contributed by atoms with E-state index in [0.29, 0.717) is 14.7 Å². The molecule has 0 saturated heterocycles. The molecule has 0 unspecified atom stereocenters. The van der Waals surface area contributed by atoms with Gasteiger partial charge < -0.3 is 105 Å². The summed E-state index contributed by atoms with van der Waals surface area (Å²) in [5, 5.41) is 88.8. The van der Waals surface area contributed by atoms with Gasteiger partial charge in [0.15, 0.2) is 0 Å². The first kappa shape index (κ1) is 93.1. The summed E-state index contributed by atoms with van der Waals surface area (Å²) in [4.78, 5) is 248. The highest BCUT2D eigenvalue weighted by Gasteiger charge is 2.38. The average Bonchev–Trinajstić information content (AvgIpc) is 0.858. The number of benzene rings is 2. The molecule has 0 saturated carbocycles. The van der Waals surface area contributed by atoms with E-state index in [2.05, 4.69) is 63.8 Å². The third kappa shape index (κ3) is 35.0. The topological polar surface area (TPSA) is 628 Å². The van der Waals surface area contributed by atoms with Crippen LogP contribution in [0.15, 0.2) is 54.6 Å². The summed E-state index contributed by atoms with van der Waals surface area (Å²) in [6.07, 6.45) is -7.77. The van der Waals surface area contributed by atoms with Gasteiger partial charge >= 0.3 is 29.8 Å². The Balaban J connectivity index is 2.38. The number of hydrogen-bond donors (Lipinski definition) is 20. The standard InChI is InChI=1S/C68H97IN14O25/c1-8-34(4)55(82-67(106)56(36(6)84)83-57(96)35(5)73-59(98)41(76-64(103)47(31-53(94)95)74-37(7)85)20-14-15-29-71-58(97)39-18-12-13-19-40(39)69)65(104)72-32-49(87)75-46(30-38-16-10-9-11-17-38)63(102)78-44(23-27-51(90)91)62(101)81-54(33(2)3)66(105)79-42(21-25-48(70)86)60(99)77-43(22-26-50(88)89)61(100)80-45(68(107)108)24-28-52(92)93/h9-13,16-19,33-36,41-47,54-56,84H,8,14-15,20-32H2,1-7H3,(H2,70,86)(H,71,97)(H,72,104)(H,73,98)(H,74,85)(H,75,87)(H,76,103)(H,77,99)(H,78,102)(H,79,105)(H,80,100)(H,81,101)(H,82,106)(H,83,96)(H,88,89)(H,90,91)(H,92,93)(H,94,95)(H,107,108)/t34-,35-,36+,41-,42-,43-,44-,45-,46-,47-,54-,55-,56-/m0/s1. The number of unbranched alkanes of at least 4 members (excludes halogenated alkanes) is 1. The Morgan fingerprint density at radius 3 is 1.37 bits per heavy atom. The average molecular weight is 1640 g/mol. The molecule has 0 aliphatic carbocycles. The lowest BCUT2D eigenvalue weighted by molar-refractivity contribution is -0.144. The van der Waals surface area contributed by atoms with Crippen molar-refractivity contribution in [2.75, 3.05) is 13.1 Å². The van der Waals surface area contributed by atoms with Gasteiger partial charge in [0.25, 0.3) is 5.91 Å². The van der Waals surface area contributed by atoms with Crippen LogP contribution < -0.4 is 74.9 Å². The van der Waals surface area contributed by atoms with Crippen LogP contribution in [0.1, 0.15) is 148 Å². The molecule has 2 aromatic rings. The van der Waals surface area contributed by atoms with Gasteiger partial charge in [-0.3, -0.25) is 86.3 Å². The zero-order valence-corrected chi connectivity index (χ0v) is 62.6.